The van der Waals surface area contributed by atoms with Crippen molar-refractivity contribution in [2.75, 3.05) is 11.9 Å². The molecule has 1 rings (SSSR count). The normalized spacial score (nSPS) is 11.4. The molecule has 0 saturated heterocycles. The van der Waals surface area contributed by atoms with Gasteiger partial charge in [0.1, 0.15) is 0 Å². The van der Waals surface area contributed by atoms with Crippen molar-refractivity contribution in [2.24, 2.45) is 0 Å². The Morgan fingerprint density at radius 2 is 2.09 bits per heavy atom. The first-order chi connectivity index (χ1) is 10.5. The van der Waals surface area contributed by atoms with Gasteiger partial charge in [0, 0.05) is 12.1 Å². The predicted octanol–water partition coefficient (Wildman–Crippen LogP) is 3.91. The molecule has 0 aliphatic heterocycles. The van der Waals surface area contributed by atoms with Gasteiger partial charge in [-0.1, -0.05) is 25.6 Å². The lowest BCUT2D eigenvalue weighted by Gasteiger charge is -2.11. The average Bonchev–Trinajstić information content (AvgIpc) is 2.47. The summed E-state index contributed by atoms with van der Waals surface area (Å²) in [5, 5.41) is 2.40. The van der Waals surface area contributed by atoms with Gasteiger partial charge in [-0.25, -0.2) is 14.0 Å². The molecule has 1 aromatic rings. The quantitative estimate of drug-likeness (QED) is 0.612. The van der Waals surface area contributed by atoms with Gasteiger partial charge < -0.3 is 9.47 Å². The second-order valence-electron chi connectivity index (χ2n) is 4.51. The van der Waals surface area contributed by atoms with Crippen LogP contribution in [0.5, 0.6) is 0 Å². The number of hydrogen-bond donors (Lipinski definition) is 1. The SMILES string of the molecule is C=C(C(=O)OCC)c1cccc(NC(=O)OC(F)CCC)c1. The Morgan fingerprint density at radius 1 is 1.36 bits per heavy atom. The Balaban J connectivity index is 2.70. The molecular weight excluding hydrogens is 289 g/mol. The van der Waals surface area contributed by atoms with E-state index in [2.05, 4.69) is 16.6 Å². The highest BCUT2D eigenvalue weighted by Gasteiger charge is 2.14. The second kappa shape index (κ2) is 8.81. The minimum atomic E-state index is -1.64. The Bertz CT molecular complexity index is 545. The van der Waals surface area contributed by atoms with E-state index in [1.807, 2.05) is 0 Å². The molecule has 5 nitrogen and oxygen atoms in total. The third-order valence-corrected chi connectivity index (χ3v) is 2.73. The smallest absolute Gasteiger partial charge is 0.414 e. The lowest BCUT2D eigenvalue weighted by atomic mass is 10.1. The molecule has 0 aliphatic carbocycles. The van der Waals surface area contributed by atoms with E-state index in [1.165, 1.54) is 6.07 Å². The Hall–Kier alpha value is -2.37. The molecular formula is C16H20FNO4. The van der Waals surface area contributed by atoms with Gasteiger partial charge in [-0.3, -0.25) is 5.32 Å². The molecule has 6 heteroatoms. The number of alkyl halides is 1. The number of carbonyl (C=O) groups is 2. The minimum absolute atomic E-state index is 0.146. The van der Waals surface area contributed by atoms with Crippen molar-refractivity contribution in [3.05, 3.63) is 36.4 Å². The molecule has 0 aliphatic rings. The summed E-state index contributed by atoms with van der Waals surface area (Å²) in [7, 11) is 0. The standard InChI is InChI=1S/C16H20FNO4/c1-4-7-14(17)22-16(20)18-13-9-6-8-12(10-13)11(3)15(19)21-5-2/h6,8-10,14H,3-5,7H2,1-2H3,(H,18,20). The van der Waals surface area contributed by atoms with Crippen LogP contribution >= 0.6 is 0 Å². The molecule has 0 saturated carbocycles. The van der Waals surface area contributed by atoms with Crippen molar-refractivity contribution >= 4 is 23.3 Å². The zero-order valence-electron chi connectivity index (χ0n) is 12.7. The summed E-state index contributed by atoms with van der Waals surface area (Å²) in [4.78, 5) is 23.1. The molecule has 0 spiro atoms. The summed E-state index contributed by atoms with van der Waals surface area (Å²) >= 11 is 0. The van der Waals surface area contributed by atoms with E-state index in [4.69, 9.17) is 4.74 Å². The topological polar surface area (TPSA) is 64.6 Å². The van der Waals surface area contributed by atoms with Crippen LogP contribution in [0.25, 0.3) is 5.57 Å². The molecule has 0 radical (unpaired) electrons. The summed E-state index contributed by atoms with van der Waals surface area (Å²) in [5.74, 6) is -0.533. The maximum Gasteiger partial charge on any atom is 0.414 e. The van der Waals surface area contributed by atoms with Crippen LogP contribution < -0.4 is 5.32 Å². The fourth-order valence-corrected chi connectivity index (χ4v) is 1.67. The molecule has 1 atom stereocenters. The van der Waals surface area contributed by atoms with Crippen LogP contribution in [0, 0.1) is 0 Å². The van der Waals surface area contributed by atoms with Crippen molar-refractivity contribution in [1.82, 2.24) is 0 Å². The number of esters is 1. The maximum absolute atomic E-state index is 13.2. The van der Waals surface area contributed by atoms with Gasteiger partial charge in [-0.2, -0.15) is 0 Å². The van der Waals surface area contributed by atoms with E-state index in [1.54, 1.807) is 32.0 Å². The zero-order chi connectivity index (χ0) is 16.5. The number of ether oxygens (including phenoxy) is 2. The molecule has 0 bridgehead atoms. The predicted molar refractivity (Wildman–Crippen MR) is 82.0 cm³/mol. The second-order valence-corrected chi connectivity index (χ2v) is 4.51. The highest BCUT2D eigenvalue weighted by Crippen LogP contribution is 2.19. The highest BCUT2D eigenvalue weighted by atomic mass is 19.1. The molecule has 0 heterocycles. The third kappa shape index (κ3) is 5.55. The summed E-state index contributed by atoms with van der Waals surface area (Å²) in [6.45, 7) is 7.39. The first kappa shape index (κ1) is 17.7. The van der Waals surface area contributed by atoms with E-state index in [0.29, 0.717) is 17.7 Å². The minimum Gasteiger partial charge on any atom is -0.462 e. The number of hydrogen-bond acceptors (Lipinski definition) is 4. The van der Waals surface area contributed by atoms with Crippen LogP contribution in [0.4, 0.5) is 14.9 Å². The molecule has 0 aromatic heterocycles. The van der Waals surface area contributed by atoms with Crippen LogP contribution in [0.1, 0.15) is 32.3 Å². The number of halogens is 1. The van der Waals surface area contributed by atoms with Crippen molar-refractivity contribution < 1.29 is 23.5 Å². The van der Waals surface area contributed by atoms with E-state index < -0.39 is 18.4 Å². The van der Waals surface area contributed by atoms with Crippen LogP contribution in [0.3, 0.4) is 0 Å². The lowest BCUT2D eigenvalue weighted by Crippen LogP contribution is -2.19. The van der Waals surface area contributed by atoms with Crippen LogP contribution in [0.2, 0.25) is 0 Å². The number of rotatable bonds is 7. The molecule has 1 N–H and O–H groups in total. The average molecular weight is 309 g/mol. The monoisotopic (exact) mass is 309 g/mol. The van der Waals surface area contributed by atoms with Crippen molar-refractivity contribution in [1.29, 1.82) is 0 Å². The fourth-order valence-electron chi connectivity index (χ4n) is 1.67. The Kier molecular flexibility index (Phi) is 7.08. The first-order valence-electron chi connectivity index (χ1n) is 7.06. The summed E-state index contributed by atoms with van der Waals surface area (Å²) in [5.41, 5.74) is 1.05. The number of amides is 1. The molecule has 1 aromatic carbocycles. The molecule has 1 unspecified atom stereocenters. The van der Waals surface area contributed by atoms with Crippen molar-refractivity contribution in [3.8, 4) is 0 Å². The Morgan fingerprint density at radius 3 is 2.73 bits per heavy atom. The highest BCUT2D eigenvalue weighted by molar-refractivity contribution is 6.15. The summed E-state index contributed by atoms with van der Waals surface area (Å²) < 4.78 is 22.6. The van der Waals surface area contributed by atoms with Gasteiger partial charge in [-0.15, -0.1) is 0 Å². The number of benzene rings is 1. The van der Waals surface area contributed by atoms with Gasteiger partial charge in [0.05, 0.1) is 12.2 Å². The van der Waals surface area contributed by atoms with Crippen LogP contribution in [0.15, 0.2) is 30.8 Å². The lowest BCUT2D eigenvalue weighted by molar-refractivity contribution is -0.136. The first-order valence-corrected chi connectivity index (χ1v) is 7.06. The van der Waals surface area contributed by atoms with E-state index >= 15 is 0 Å². The molecule has 1 amide bonds. The maximum atomic E-state index is 13.2. The largest absolute Gasteiger partial charge is 0.462 e. The van der Waals surface area contributed by atoms with Gasteiger partial charge in [0.15, 0.2) is 0 Å². The summed E-state index contributed by atoms with van der Waals surface area (Å²) in [6, 6.07) is 6.42. The van der Waals surface area contributed by atoms with Crippen molar-refractivity contribution in [3.63, 3.8) is 0 Å². The number of anilines is 1. The van der Waals surface area contributed by atoms with E-state index in [9.17, 15) is 14.0 Å². The number of carbonyl (C=O) groups excluding carboxylic acids is 2. The van der Waals surface area contributed by atoms with Crippen LogP contribution in [-0.4, -0.2) is 25.0 Å². The van der Waals surface area contributed by atoms with Gasteiger partial charge in [0.2, 0.25) is 6.36 Å². The van der Waals surface area contributed by atoms with Crippen molar-refractivity contribution in [2.45, 2.75) is 33.0 Å². The Labute approximate surface area is 129 Å². The number of nitrogens with one attached hydrogen (secondary N) is 1. The molecule has 120 valence electrons. The third-order valence-electron chi connectivity index (χ3n) is 2.73. The fraction of sp³-hybridized carbons (Fsp3) is 0.375. The van der Waals surface area contributed by atoms with Crippen LogP contribution in [-0.2, 0) is 14.3 Å². The zero-order valence-corrected chi connectivity index (χ0v) is 12.7. The summed E-state index contributed by atoms with van der Waals surface area (Å²) in [6.07, 6.45) is -1.81. The van der Waals surface area contributed by atoms with Gasteiger partial charge in [0.25, 0.3) is 0 Å². The van der Waals surface area contributed by atoms with E-state index in [-0.39, 0.29) is 18.6 Å². The molecule has 0 fully saturated rings. The van der Waals surface area contributed by atoms with Gasteiger partial charge >= 0.3 is 12.1 Å². The van der Waals surface area contributed by atoms with E-state index in [0.717, 1.165) is 0 Å². The molecule has 22 heavy (non-hydrogen) atoms. The van der Waals surface area contributed by atoms with Gasteiger partial charge in [-0.05, 0) is 31.0 Å².